The standard InChI is InChI=1S/C16H16FNOS/c1-2-18(12-15-4-3-11-20-15)16(19)10-7-13-5-8-14(17)9-6-13/h3-11H,2,12H2,1H3/b10-7+. The van der Waals surface area contributed by atoms with Gasteiger partial charge in [0.25, 0.3) is 0 Å². The van der Waals surface area contributed by atoms with Crippen molar-refractivity contribution in [2.45, 2.75) is 13.5 Å². The number of carbonyl (C=O) groups excluding carboxylic acids is 1. The molecular weight excluding hydrogens is 273 g/mol. The minimum absolute atomic E-state index is 0.0368. The van der Waals surface area contributed by atoms with E-state index >= 15 is 0 Å². The maximum Gasteiger partial charge on any atom is 0.246 e. The molecule has 2 aromatic rings. The van der Waals surface area contributed by atoms with E-state index in [-0.39, 0.29) is 11.7 Å². The largest absolute Gasteiger partial charge is 0.334 e. The van der Waals surface area contributed by atoms with Gasteiger partial charge in [0.1, 0.15) is 5.82 Å². The number of benzene rings is 1. The van der Waals surface area contributed by atoms with Gasteiger partial charge in [0.15, 0.2) is 0 Å². The van der Waals surface area contributed by atoms with E-state index < -0.39 is 0 Å². The molecule has 0 unspecified atom stereocenters. The molecule has 0 atom stereocenters. The van der Waals surface area contributed by atoms with Crippen molar-refractivity contribution in [2.24, 2.45) is 0 Å². The van der Waals surface area contributed by atoms with Crippen LogP contribution in [0.1, 0.15) is 17.4 Å². The van der Waals surface area contributed by atoms with Gasteiger partial charge in [0.2, 0.25) is 5.91 Å². The minimum atomic E-state index is -0.277. The van der Waals surface area contributed by atoms with Gasteiger partial charge in [-0.1, -0.05) is 18.2 Å². The molecule has 0 aliphatic heterocycles. The zero-order chi connectivity index (χ0) is 14.4. The molecule has 0 aliphatic carbocycles. The Morgan fingerprint density at radius 3 is 2.65 bits per heavy atom. The van der Waals surface area contributed by atoms with E-state index in [1.54, 1.807) is 34.4 Å². The van der Waals surface area contributed by atoms with Crippen molar-refractivity contribution in [1.29, 1.82) is 0 Å². The lowest BCUT2D eigenvalue weighted by molar-refractivity contribution is -0.126. The summed E-state index contributed by atoms with van der Waals surface area (Å²) >= 11 is 1.64. The smallest absolute Gasteiger partial charge is 0.246 e. The Morgan fingerprint density at radius 1 is 1.30 bits per heavy atom. The molecule has 104 valence electrons. The molecule has 4 heteroatoms. The molecule has 1 aromatic heterocycles. The van der Waals surface area contributed by atoms with Crippen molar-refractivity contribution in [3.8, 4) is 0 Å². The molecule has 0 fully saturated rings. The Bertz CT molecular complexity index is 575. The minimum Gasteiger partial charge on any atom is -0.334 e. The molecule has 1 heterocycles. The van der Waals surface area contributed by atoms with Gasteiger partial charge in [-0.05, 0) is 42.1 Å². The number of halogens is 1. The van der Waals surface area contributed by atoms with E-state index in [1.807, 2.05) is 24.4 Å². The summed E-state index contributed by atoms with van der Waals surface area (Å²) in [5, 5.41) is 2.00. The van der Waals surface area contributed by atoms with Crippen molar-refractivity contribution in [1.82, 2.24) is 4.90 Å². The number of hydrogen-bond acceptors (Lipinski definition) is 2. The van der Waals surface area contributed by atoms with Crippen LogP contribution in [-0.2, 0) is 11.3 Å². The number of carbonyl (C=O) groups is 1. The summed E-state index contributed by atoms with van der Waals surface area (Å²) in [5.41, 5.74) is 0.812. The molecule has 2 nitrogen and oxygen atoms in total. The fraction of sp³-hybridized carbons (Fsp3) is 0.188. The number of amides is 1. The number of hydrogen-bond donors (Lipinski definition) is 0. The van der Waals surface area contributed by atoms with Crippen LogP contribution in [0, 0.1) is 5.82 Å². The summed E-state index contributed by atoms with van der Waals surface area (Å²) in [5.74, 6) is -0.313. The quantitative estimate of drug-likeness (QED) is 0.763. The van der Waals surface area contributed by atoms with Gasteiger partial charge in [-0.15, -0.1) is 11.3 Å². The van der Waals surface area contributed by atoms with E-state index in [4.69, 9.17) is 0 Å². The SMILES string of the molecule is CCN(Cc1cccs1)C(=O)/C=C/c1ccc(F)cc1. The summed E-state index contributed by atoms with van der Waals surface area (Å²) in [6, 6.07) is 10.1. The lowest BCUT2D eigenvalue weighted by atomic mass is 10.2. The van der Waals surface area contributed by atoms with Crippen LogP contribution in [0.3, 0.4) is 0 Å². The van der Waals surface area contributed by atoms with Crippen LogP contribution in [0.25, 0.3) is 6.08 Å². The number of rotatable bonds is 5. The zero-order valence-corrected chi connectivity index (χ0v) is 12.1. The summed E-state index contributed by atoms with van der Waals surface area (Å²) in [7, 11) is 0. The number of thiophene rings is 1. The van der Waals surface area contributed by atoms with E-state index in [2.05, 4.69) is 0 Å². The van der Waals surface area contributed by atoms with Crippen LogP contribution in [0.2, 0.25) is 0 Å². The molecule has 0 N–H and O–H groups in total. The molecule has 0 spiro atoms. The van der Waals surface area contributed by atoms with Crippen LogP contribution >= 0.6 is 11.3 Å². The fourth-order valence-electron chi connectivity index (χ4n) is 1.78. The molecule has 2 rings (SSSR count). The van der Waals surface area contributed by atoms with Gasteiger partial charge >= 0.3 is 0 Å². The second kappa shape index (κ2) is 7.01. The lowest BCUT2D eigenvalue weighted by Crippen LogP contribution is -2.28. The summed E-state index contributed by atoms with van der Waals surface area (Å²) in [4.78, 5) is 15.0. The molecule has 0 saturated heterocycles. The van der Waals surface area contributed by atoms with Crippen LogP contribution in [-0.4, -0.2) is 17.4 Å². The molecule has 20 heavy (non-hydrogen) atoms. The highest BCUT2D eigenvalue weighted by molar-refractivity contribution is 7.09. The van der Waals surface area contributed by atoms with Crippen molar-refractivity contribution in [3.63, 3.8) is 0 Å². The van der Waals surface area contributed by atoms with E-state index in [9.17, 15) is 9.18 Å². The molecule has 0 saturated carbocycles. The first kappa shape index (κ1) is 14.5. The highest BCUT2D eigenvalue weighted by Crippen LogP contribution is 2.12. The Balaban J connectivity index is 2.00. The Labute approximate surface area is 122 Å². The molecule has 0 radical (unpaired) electrons. The summed E-state index contributed by atoms with van der Waals surface area (Å²) in [6.07, 6.45) is 3.24. The van der Waals surface area contributed by atoms with Gasteiger partial charge in [-0.2, -0.15) is 0 Å². The first-order valence-corrected chi connectivity index (χ1v) is 7.32. The van der Waals surface area contributed by atoms with Gasteiger partial charge in [0.05, 0.1) is 6.54 Å². The molecule has 0 bridgehead atoms. The summed E-state index contributed by atoms with van der Waals surface area (Å²) in [6.45, 7) is 3.24. The van der Waals surface area contributed by atoms with Crippen molar-refractivity contribution in [3.05, 3.63) is 64.1 Å². The third-order valence-electron chi connectivity index (χ3n) is 2.91. The normalized spacial score (nSPS) is 10.9. The van der Waals surface area contributed by atoms with Crippen molar-refractivity contribution >= 4 is 23.3 Å². The number of nitrogens with zero attached hydrogens (tertiary/aromatic N) is 1. The maximum atomic E-state index is 12.8. The third kappa shape index (κ3) is 4.03. The fourth-order valence-corrected chi connectivity index (χ4v) is 2.50. The molecular formula is C16H16FNOS. The van der Waals surface area contributed by atoms with Gasteiger partial charge in [-0.25, -0.2) is 4.39 Å². The number of likely N-dealkylation sites (N-methyl/N-ethyl adjacent to an activating group) is 1. The predicted octanol–water partition coefficient (Wildman–Crippen LogP) is 3.95. The highest BCUT2D eigenvalue weighted by atomic mass is 32.1. The van der Waals surface area contributed by atoms with Crippen LogP contribution in [0.4, 0.5) is 4.39 Å². The van der Waals surface area contributed by atoms with E-state index in [1.165, 1.54) is 18.2 Å². The van der Waals surface area contributed by atoms with Crippen LogP contribution < -0.4 is 0 Å². The Hall–Kier alpha value is -1.94. The van der Waals surface area contributed by atoms with E-state index in [0.29, 0.717) is 13.1 Å². The second-order valence-electron chi connectivity index (χ2n) is 4.32. The average molecular weight is 289 g/mol. The highest BCUT2D eigenvalue weighted by Gasteiger charge is 2.09. The lowest BCUT2D eigenvalue weighted by Gasteiger charge is -2.18. The van der Waals surface area contributed by atoms with Gasteiger partial charge in [-0.3, -0.25) is 4.79 Å². The van der Waals surface area contributed by atoms with Crippen molar-refractivity contribution in [2.75, 3.05) is 6.54 Å². The first-order valence-electron chi connectivity index (χ1n) is 6.44. The van der Waals surface area contributed by atoms with Crippen LogP contribution in [0.5, 0.6) is 0 Å². The summed E-state index contributed by atoms with van der Waals surface area (Å²) < 4.78 is 12.8. The topological polar surface area (TPSA) is 20.3 Å². The van der Waals surface area contributed by atoms with Crippen LogP contribution in [0.15, 0.2) is 47.9 Å². The molecule has 1 amide bonds. The predicted molar refractivity (Wildman–Crippen MR) is 80.8 cm³/mol. The third-order valence-corrected chi connectivity index (χ3v) is 3.77. The maximum absolute atomic E-state index is 12.8. The zero-order valence-electron chi connectivity index (χ0n) is 11.3. The Morgan fingerprint density at radius 2 is 2.05 bits per heavy atom. The van der Waals surface area contributed by atoms with Crippen molar-refractivity contribution < 1.29 is 9.18 Å². The average Bonchev–Trinajstić information content (AvgIpc) is 2.97. The van der Waals surface area contributed by atoms with Gasteiger partial charge < -0.3 is 4.90 Å². The second-order valence-corrected chi connectivity index (χ2v) is 5.35. The van der Waals surface area contributed by atoms with Gasteiger partial charge in [0, 0.05) is 17.5 Å². The molecule has 0 aliphatic rings. The Kier molecular flexibility index (Phi) is 5.07. The first-order chi connectivity index (χ1) is 9.69. The van der Waals surface area contributed by atoms with E-state index in [0.717, 1.165) is 10.4 Å². The molecule has 1 aromatic carbocycles. The monoisotopic (exact) mass is 289 g/mol.